The molecule has 1 heterocycles. The molecule has 5 heteroatoms. The van der Waals surface area contributed by atoms with Crippen molar-refractivity contribution < 1.29 is 13.2 Å². The smallest absolute Gasteiger partial charge is 0.227 e. The minimum Gasteiger partial charge on any atom is -0.341 e. The third-order valence-corrected chi connectivity index (χ3v) is 6.64. The SMILES string of the molecule is Cc1cccc(CC(=O)N2CCC(S(=O)(=O)c3ccccc3)C2)c1. The van der Waals surface area contributed by atoms with E-state index >= 15 is 0 Å². The normalized spacial score (nSPS) is 17.9. The highest BCUT2D eigenvalue weighted by Gasteiger charge is 2.35. The molecule has 2 aromatic carbocycles. The highest BCUT2D eigenvalue weighted by atomic mass is 32.2. The number of amides is 1. The maximum Gasteiger partial charge on any atom is 0.227 e. The number of rotatable bonds is 4. The van der Waals surface area contributed by atoms with E-state index in [1.54, 1.807) is 35.2 Å². The molecule has 0 N–H and O–H groups in total. The van der Waals surface area contributed by atoms with Crippen molar-refractivity contribution >= 4 is 15.7 Å². The van der Waals surface area contributed by atoms with Crippen LogP contribution in [0.2, 0.25) is 0 Å². The first-order valence-corrected chi connectivity index (χ1v) is 9.64. The molecular weight excluding hydrogens is 322 g/mol. The van der Waals surface area contributed by atoms with E-state index in [2.05, 4.69) is 0 Å². The van der Waals surface area contributed by atoms with Crippen molar-refractivity contribution in [2.24, 2.45) is 0 Å². The molecule has 1 saturated heterocycles. The summed E-state index contributed by atoms with van der Waals surface area (Å²) in [7, 11) is -3.38. The molecule has 0 spiro atoms. The highest BCUT2D eigenvalue weighted by molar-refractivity contribution is 7.92. The number of nitrogens with zero attached hydrogens (tertiary/aromatic N) is 1. The average Bonchev–Trinajstić information content (AvgIpc) is 3.07. The van der Waals surface area contributed by atoms with Crippen LogP contribution < -0.4 is 0 Å². The van der Waals surface area contributed by atoms with Gasteiger partial charge in [0.25, 0.3) is 0 Å². The van der Waals surface area contributed by atoms with Gasteiger partial charge in [-0.1, -0.05) is 48.0 Å². The van der Waals surface area contributed by atoms with E-state index in [-0.39, 0.29) is 12.5 Å². The summed E-state index contributed by atoms with van der Waals surface area (Å²) in [4.78, 5) is 14.5. The van der Waals surface area contributed by atoms with E-state index in [4.69, 9.17) is 0 Å². The fourth-order valence-electron chi connectivity index (χ4n) is 3.12. The second-order valence-corrected chi connectivity index (χ2v) is 8.50. The van der Waals surface area contributed by atoms with Crippen molar-refractivity contribution in [1.29, 1.82) is 0 Å². The first-order chi connectivity index (χ1) is 11.5. The Hall–Kier alpha value is -2.14. The summed E-state index contributed by atoms with van der Waals surface area (Å²) >= 11 is 0. The highest BCUT2D eigenvalue weighted by Crippen LogP contribution is 2.24. The zero-order valence-electron chi connectivity index (χ0n) is 13.7. The minimum atomic E-state index is -3.38. The Bertz CT molecular complexity index is 831. The van der Waals surface area contributed by atoms with Gasteiger partial charge >= 0.3 is 0 Å². The van der Waals surface area contributed by atoms with Gasteiger partial charge in [0.15, 0.2) is 9.84 Å². The molecule has 0 bridgehead atoms. The lowest BCUT2D eigenvalue weighted by atomic mass is 10.1. The quantitative estimate of drug-likeness (QED) is 0.857. The molecule has 1 atom stereocenters. The van der Waals surface area contributed by atoms with Crippen LogP contribution in [0.3, 0.4) is 0 Å². The van der Waals surface area contributed by atoms with Crippen molar-refractivity contribution in [2.75, 3.05) is 13.1 Å². The Morgan fingerprint density at radius 1 is 1.12 bits per heavy atom. The zero-order valence-corrected chi connectivity index (χ0v) is 14.5. The molecule has 1 fully saturated rings. The topological polar surface area (TPSA) is 54.5 Å². The third-order valence-electron chi connectivity index (χ3n) is 4.45. The molecule has 1 aliphatic heterocycles. The summed E-state index contributed by atoms with van der Waals surface area (Å²) in [6.45, 7) is 2.77. The van der Waals surface area contributed by atoms with Crippen LogP contribution >= 0.6 is 0 Å². The lowest BCUT2D eigenvalue weighted by molar-refractivity contribution is -0.129. The first kappa shape index (κ1) is 16.7. The molecule has 2 aromatic rings. The fourth-order valence-corrected chi connectivity index (χ4v) is 4.83. The summed E-state index contributed by atoms with van der Waals surface area (Å²) in [6.07, 6.45) is 0.816. The van der Waals surface area contributed by atoms with Crippen molar-refractivity contribution in [3.8, 4) is 0 Å². The van der Waals surface area contributed by atoms with Gasteiger partial charge in [-0.3, -0.25) is 4.79 Å². The number of aryl methyl sites for hydroxylation is 1. The lowest BCUT2D eigenvalue weighted by Gasteiger charge is -2.17. The molecule has 1 unspecified atom stereocenters. The van der Waals surface area contributed by atoms with Crippen LogP contribution in [-0.2, 0) is 21.1 Å². The summed E-state index contributed by atoms with van der Waals surface area (Å²) in [5, 5.41) is -0.513. The fraction of sp³-hybridized carbons (Fsp3) is 0.316. The van der Waals surface area contributed by atoms with Crippen LogP contribution in [0.25, 0.3) is 0 Å². The largest absolute Gasteiger partial charge is 0.341 e. The maximum atomic E-state index is 12.7. The van der Waals surface area contributed by atoms with Crippen LogP contribution in [0.5, 0.6) is 0 Å². The summed E-state index contributed by atoms with van der Waals surface area (Å²) in [5.74, 6) is -0.00800. The Morgan fingerprint density at radius 3 is 2.58 bits per heavy atom. The number of likely N-dealkylation sites (tertiary alicyclic amines) is 1. The zero-order chi connectivity index (χ0) is 17.2. The van der Waals surface area contributed by atoms with Crippen molar-refractivity contribution in [1.82, 2.24) is 4.90 Å². The first-order valence-electron chi connectivity index (χ1n) is 8.09. The Morgan fingerprint density at radius 2 is 1.88 bits per heavy atom. The third kappa shape index (κ3) is 3.51. The molecular formula is C19H21NO3S. The molecule has 1 amide bonds. The summed E-state index contributed by atoms with van der Waals surface area (Å²) in [5.41, 5.74) is 2.08. The molecule has 0 aromatic heterocycles. The molecule has 0 saturated carbocycles. The van der Waals surface area contributed by atoms with Gasteiger partial charge in [-0.25, -0.2) is 8.42 Å². The standard InChI is InChI=1S/C19H21NO3S/c1-15-6-5-7-16(12-15)13-19(21)20-11-10-18(14-20)24(22,23)17-8-3-2-4-9-17/h2-9,12,18H,10-11,13-14H2,1H3. The van der Waals surface area contributed by atoms with E-state index in [1.165, 1.54) is 0 Å². The Balaban J connectivity index is 1.68. The minimum absolute atomic E-state index is 0.00800. The number of benzene rings is 2. The molecule has 3 rings (SSSR count). The van der Waals surface area contributed by atoms with Crippen LogP contribution in [0, 0.1) is 6.92 Å². The number of hydrogen-bond acceptors (Lipinski definition) is 3. The van der Waals surface area contributed by atoms with Crippen LogP contribution in [0.1, 0.15) is 17.5 Å². The Labute approximate surface area is 143 Å². The molecule has 126 valence electrons. The predicted molar refractivity (Wildman–Crippen MR) is 93.5 cm³/mol. The number of sulfone groups is 1. The maximum absolute atomic E-state index is 12.7. The van der Waals surface area contributed by atoms with E-state index in [9.17, 15) is 13.2 Å². The summed E-state index contributed by atoms with van der Waals surface area (Å²) < 4.78 is 25.3. The molecule has 0 aliphatic carbocycles. The lowest BCUT2D eigenvalue weighted by Crippen LogP contribution is -2.33. The van der Waals surface area contributed by atoms with Crippen LogP contribution in [0.4, 0.5) is 0 Å². The van der Waals surface area contributed by atoms with E-state index in [0.717, 1.165) is 11.1 Å². The molecule has 4 nitrogen and oxygen atoms in total. The number of hydrogen-bond donors (Lipinski definition) is 0. The monoisotopic (exact) mass is 343 g/mol. The van der Waals surface area contributed by atoms with Gasteiger partial charge in [0.2, 0.25) is 5.91 Å². The predicted octanol–water partition coefficient (Wildman–Crippen LogP) is 2.61. The Kier molecular flexibility index (Phi) is 4.71. The van der Waals surface area contributed by atoms with Gasteiger partial charge in [-0.05, 0) is 31.0 Å². The molecule has 1 aliphatic rings. The number of carbonyl (C=O) groups is 1. The number of carbonyl (C=O) groups excluding carboxylic acids is 1. The van der Waals surface area contributed by atoms with E-state index < -0.39 is 15.1 Å². The van der Waals surface area contributed by atoms with Gasteiger partial charge in [-0.15, -0.1) is 0 Å². The molecule has 0 radical (unpaired) electrons. The van der Waals surface area contributed by atoms with Gasteiger partial charge < -0.3 is 4.90 Å². The van der Waals surface area contributed by atoms with Crippen molar-refractivity contribution in [2.45, 2.75) is 29.9 Å². The molecule has 24 heavy (non-hydrogen) atoms. The average molecular weight is 343 g/mol. The van der Waals surface area contributed by atoms with Gasteiger partial charge in [0.05, 0.1) is 16.6 Å². The van der Waals surface area contributed by atoms with Gasteiger partial charge in [0, 0.05) is 13.1 Å². The van der Waals surface area contributed by atoms with Crippen LogP contribution in [0.15, 0.2) is 59.5 Å². The summed E-state index contributed by atoms with van der Waals surface area (Å²) in [6, 6.07) is 16.3. The second-order valence-electron chi connectivity index (χ2n) is 6.27. The van der Waals surface area contributed by atoms with E-state index in [0.29, 0.717) is 24.3 Å². The van der Waals surface area contributed by atoms with Gasteiger partial charge in [0.1, 0.15) is 0 Å². The van der Waals surface area contributed by atoms with Crippen molar-refractivity contribution in [3.63, 3.8) is 0 Å². The van der Waals surface area contributed by atoms with Crippen molar-refractivity contribution in [3.05, 3.63) is 65.7 Å². The van der Waals surface area contributed by atoms with E-state index in [1.807, 2.05) is 31.2 Å². The second kappa shape index (κ2) is 6.77. The van der Waals surface area contributed by atoms with Crippen LogP contribution in [-0.4, -0.2) is 37.6 Å². The van der Waals surface area contributed by atoms with Gasteiger partial charge in [-0.2, -0.15) is 0 Å².